The molecule has 0 aliphatic heterocycles. The highest BCUT2D eigenvalue weighted by Crippen LogP contribution is 2.29. The van der Waals surface area contributed by atoms with E-state index in [0.29, 0.717) is 33.1 Å². The van der Waals surface area contributed by atoms with E-state index in [1.165, 1.54) is 0 Å². The normalized spacial score (nSPS) is 11.8. The molecule has 138 valence electrons. The zero-order valence-electron chi connectivity index (χ0n) is 14.4. The summed E-state index contributed by atoms with van der Waals surface area (Å²) < 4.78 is 21.6. The maximum atomic E-state index is 12.6. The molecule has 1 unspecified atom stereocenters. The van der Waals surface area contributed by atoms with Crippen molar-refractivity contribution >= 4 is 34.3 Å². The van der Waals surface area contributed by atoms with Crippen LogP contribution < -0.4 is 5.32 Å². The zero-order valence-corrected chi connectivity index (χ0v) is 16.0. The van der Waals surface area contributed by atoms with E-state index in [4.69, 9.17) is 11.6 Å². The Morgan fingerprint density at radius 2 is 2.00 bits per heavy atom. The maximum absolute atomic E-state index is 12.6. The smallest absolute Gasteiger partial charge is 0.255 e. The fraction of sp³-hybridized carbons (Fsp3) is 0.100. The number of halogens is 1. The molecule has 7 heteroatoms. The van der Waals surface area contributed by atoms with Crippen LogP contribution in [0.15, 0.2) is 60.8 Å². The van der Waals surface area contributed by atoms with Gasteiger partial charge in [-0.3, -0.25) is 14.0 Å². The summed E-state index contributed by atoms with van der Waals surface area (Å²) in [5.41, 5.74) is 3.85. The Morgan fingerprint density at radius 1 is 1.19 bits per heavy atom. The average Bonchev–Trinajstić information content (AvgIpc) is 2.63. The number of rotatable bonds is 5. The van der Waals surface area contributed by atoms with Gasteiger partial charge in [0.2, 0.25) is 0 Å². The highest BCUT2D eigenvalue weighted by molar-refractivity contribution is 7.78. The van der Waals surface area contributed by atoms with E-state index in [2.05, 4.69) is 10.3 Å². The monoisotopic (exact) mass is 399 g/mol. The third kappa shape index (κ3) is 4.80. The van der Waals surface area contributed by atoms with Crippen molar-refractivity contribution in [1.29, 1.82) is 0 Å². The first-order valence-corrected chi connectivity index (χ1v) is 9.74. The Bertz CT molecular complexity index is 1010. The summed E-state index contributed by atoms with van der Waals surface area (Å²) in [5.74, 6) is -0.357. The van der Waals surface area contributed by atoms with E-state index < -0.39 is 11.1 Å². The number of anilines is 1. The summed E-state index contributed by atoms with van der Waals surface area (Å²) in [7, 11) is 0. The van der Waals surface area contributed by atoms with E-state index in [1.807, 2.05) is 18.2 Å². The number of carbonyl (C=O) groups is 1. The molecule has 0 saturated heterocycles. The van der Waals surface area contributed by atoms with Crippen LogP contribution in [0, 0.1) is 6.92 Å². The summed E-state index contributed by atoms with van der Waals surface area (Å²) in [4.78, 5) is 16.9. The molecule has 0 bridgehead atoms. The molecule has 5 nitrogen and oxygen atoms in total. The SMILES string of the molecule is Cc1cc(CS(=O)[O-])ccc1C(=O)Nc1ccc(Cl)c(-c2ccccn2)c1. The van der Waals surface area contributed by atoms with Gasteiger partial charge in [-0.1, -0.05) is 40.9 Å². The van der Waals surface area contributed by atoms with Crippen molar-refractivity contribution in [3.8, 4) is 11.3 Å². The summed E-state index contributed by atoms with van der Waals surface area (Å²) in [6.45, 7) is 1.77. The zero-order chi connectivity index (χ0) is 19.4. The molecule has 3 rings (SSSR count). The fourth-order valence-electron chi connectivity index (χ4n) is 2.73. The number of pyridine rings is 1. The molecule has 1 N–H and O–H groups in total. The predicted molar refractivity (Wildman–Crippen MR) is 106 cm³/mol. The Kier molecular flexibility index (Phi) is 6.01. The van der Waals surface area contributed by atoms with E-state index in [9.17, 15) is 13.6 Å². The molecule has 0 aliphatic rings. The third-order valence-corrected chi connectivity index (χ3v) is 4.88. The summed E-state index contributed by atoms with van der Waals surface area (Å²) in [6.07, 6.45) is 1.68. The number of benzene rings is 2. The lowest BCUT2D eigenvalue weighted by Gasteiger charge is -2.12. The lowest BCUT2D eigenvalue weighted by molar-refractivity contribution is 0.102. The molecular formula is C20H16ClN2O3S-. The molecule has 1 amide bonds. The largest absolute Gasteiger partial charge is 0.772 e. The first-order valence-electron chi connectivity index (χ1n) is 8.12. The van der Waals surface area contributed by atoms with Crippen LogP contribution >= 0.6 is 11.6 Å². The predicted octanol–water partition coefficient (Wildman–Crippen LogP) is 4.34. The van der Waals surface area contributed by atoms with Gasteiger partial charge >= 0.3 is 0 Å². The van der Waals surface area contributed by atoms with Crippen molar-refractivity contribution in [1.82, 2.24) is 4.98 Å². The number of carbonyl (C=O) groups excluding carboxylic acids is 1. The van der Waals surface area contributed by atoms with Crippen LogP contribution in [0.1, 0.15) is 21.5 Å². The Morgan fingerprint density at radius 3 is 2.67 bits per heavy atom. The number of hydrogen-bond acceptors (Lipinski definition) is 4. The van der Waals surface area contributed by atoms with Gasteiger partial charge < -0.3 is 9.87 Å². The molecule has 0 spiro atoms. The quantitative estimate of drug-likeness (QED) is 0.647. The van der Waals surface area contributed by atoms with Crippen LogP contribution in [0.5, 0.6) is 0 Å². The molecule has 1 atom stereocenters. The topological polar surface area (TPSA) is 82.1 Å². The summed E-state index contributed by atoms with van der Waals surface area (Å²) in [5, 5.41) is 3.39. The first-order chi connectivity index (χ1) is 12.9. The van der Waals surface area contributed by atoms with Crippen molar-refractivity contribution in [2.45, 2.75) is 12.7 Å². The van der Waals surface area contributed by atoms with Crippen LogP contribution in [-0.4, -0.2) is 19.7 Å². The highest BCUT2D eigenvalue weighted by atomic mass is 35.5. The molecule has 3 aromatic rings. The van der Waals surface area contributed by atoms with Gasteiger partial charge in [-0.15, -0.1) is 0 Å². The van der Waals surface area contributed by atoms with Crippen LogP contribution in [0.25, 0.3) is 11.3 Å². The number of nitrogens with zero attached hydrogens (tertiary/aromatic N) is 1. The first kappa shape index (κ1) is 19.2. The minimum atomic E-state index is -2.17. The minimum absolute atomic E-state index is 0.0760. The average molecular weight is 400 g/mol. The van der Waals surface area contributed by atoms with Crippen molar-refractivity contribution in [3.63, 3.8) is 0 Å². The van der Waals surface area contributed by atoms with Gasteiger partial charge in [-0.25, -0.2) is 0 Å². The standard InChI is InChI=1S/C20H17ClN2O3S/c1-13-10-14(12-27(25)26)5-7-16(13)20(24)23-15-6-8-18(21)17(11-15)19-4-2-3-9-22-19/h2-11H,12H2,1H3,(H,23,24)(H,25,26)/p-1. The number of aryl methyl sites for hydroxylation is 1. The van der Waals surface area contributed by atoms with Gasteiger partial charge in [-0.2, -0.15) is 0 Å². The number of hydrogen-bond donors (Lipinski definition) is 1. The Labute approximate surface area is 164 Å². The van der Waals surface area contributed by atoms with E-state index in [0.717, 1.165) is 5.56 Å². The number of nitrogens with one attached hydrogen (secondary N) is 1. The molecule has 27 heavy (non-hydrogen) atoms. The van der Waals surface area contributed by atoms with Gasteiger partial charge in [0, 0.05) is 28.8 Å². The van der Waals surface area contributed by atoms with Gasteiger partial charge in [0.1, 0.15) is 0 Å². The second kappa shape index (κ2) is 8.43. The third-order valence-electron chi connectivity index (χ3n) is 3.99. The van der Waals surface area contributed by atoms with Gasteiger partial charge in [0.25, 0.3) is 5.91 Å². The summed E-state index contributed by atoms with van der Waals surface area (Å²) in [6, 6.07) is 15.7. The Hall–Kier alpha value is -2.54. The molecule has 1 heterocycles. The van der Waals surface area contributed by atoms with Gasteiger partial charge in [0.15, 0.2) is 0 Å². The van der Waals surface area contributed by atoms with Crippen molar-refractivity contribution in [3.05, 3.63) is 82.5 Å². The molecule has 0 saturated carbocycles. The number of amides is 1. The maximum Gasteiger partial charge on any atom is 0.255 e. The minimum Gasteiger partial charge on any atom is -0.772 e. The molecule has 2 aromatic carbocycles. The number of aromatic nitrogens is 1. The molecule has 0 fully saturated rings. The van der Waals surface area contributed by atoms with E-state index >= 15 is 0 Å². The molecular weight excluding hydrogens is 384 g/mol. The molecule has 0 radical (unpaired) electrons. The lowest BCUT2D eigenvalue weighted by Crippen LogP contribution is -2.13. The molecule has 0 aliphatic carbocycles. The summed E-state index contributed by atoms with van der Waals surface area (Å²) >= 11 is 4.10. The van der Waals surface area contributed by atoms with E-state index in [1.54, 1.807) is 49.5 Å². The van der Waals surface area contributed by atoms with Crippen LogP contribution in [-0.2, 0) is 16.8 Å². The van der Waals surface area contributed by atoms with Crippen LogP contribution in [0.3, 0.4) is 0 Å². The van der Waals surface area contributed by atoms with Crippen molar-refractivity contribution < 1.29 is 13.6 Å². The van der Waals surface area contributed by atoms with Gasteiger partial charge in [0.05, 0.1) is 10.7 Å². The van der Waals surface area contributed by atoms with Gasteiger partial charge in [-0.05, 0) is 54.4 Å². The van der Waals surface area contributed by atoms with Crippen molar-refractivity contribution in [2.24, 2.45) is 0 Å². The van der Waals surface area contributed by atoms with E-state index in [-0.39, 0.29) is 11.7 Å². The second-order valence-electron chi connectivity index (χ2n) is 5.96. The molecule has 1 aromatic heterocycles. The fourth-order valence-corrected chi connectivity index (χ4v) is 3.39. The van der Waals surface area contributed by atoms with Crippen molar-refractivity contribution in [2.75, 3.05) is 5.32 Å². The second-order valence-corrected chi connectivity index (χ2v) is 7.26. The lowest BCUT2D eigenvalue weighted by atomic mass is 10.0. The van der Waals surface area contributed by atoms with Crippen LogP contribution in [0.2, 0.25) is 5.02 Å². The Balaban J connectivity index is 1.83. The van der Waals surface area contributed by atoms with Crippen LogP contribution in [0.4, 0.5) is 5.69 Å². The highest BCUT2D eigenvalue weighted by Gasteiger charge is 2.12.